The van der Waals surface area contributed by atoms with Crippen molar-refractivity contribution in [1.29, 1.82) is 0 Å². The van der Waals surface area contributed by atoms with Gasteiger partial charge in [-0.3, -0.25) is 0 Å². The van der Waals surface area contributed by atoms with Crippen LogP contribution in [0.4, 0.5) is 17.1 Å². The van der Waals surface area contributed by atoms with Gasteiger partial charge in [0.05, 0.1) is 11.0 Å². The SMILES string of the molecule is Cc1ccc(N(c2ccc3c(c2)C(C)(C)c2cc(-c4cccc5c4c4ccccc4n5-c4ccccc4)c4oc5ccccc5c4c2-3)c2ccc3c(c2)C(C)(C)c2c4c(c5oc6ccccc6c5c2-3)-c2ccccc2C4(C)C)c(C)c1. The van der Waals surface area contributed by atoms with Crippen LogP contribution in [0.3, 0.4) is 0 Å². The maximum Gasteiger partial charge on any atom is 0.144 e. The van der Waals surface area contributed by atoms with Crippen molar-refractivity contribution in [3.05, 3.63) is 251 Å². The van der Waals surface area contributed by atoms with E-state index in [4.69, 9.17) is 8.83 Å². The summed E-state index contributed by atoms with van der Waals surface area (Å²) in [6.07, 6.45) is 0. The zero-order valence-electron chi connectivity index (χ0n) is 46.8. The Hall–Kier alpha value is -9.38. The maximum atomic E-state index is 7.15. The predicted octanol–water partition coefficient (Wildman–Crippen LogP) is 21.3. The Morgan fingerprint density at radius 2 is 0.926 bits per heavy atom. The number of anilines is 3. The fraction of sp³-hybridized carbons (Fsp3) is 0.143. The number of rotatable bonds is 5. The topological polar surface area (TPSA) is 34.5 Å². The minimum atomic E-state index is -0.382. The highest BCUT2D eigenvalue weighted by Gasteiger charge is 2.49. The van der Waals surface area contributed by atoms with Gasteiger partial charge in [-0.15, -0.1) is 0 Å². The molecule has 0 spiro atoms. The van der Waals surface area contributed by atoms with Crippen molar-refractivity contribution in [2.24, 2.45) is 0 Å². The summed E-state index contributed by atoms with van der Waals surface area (Å²) in [6, 6.07) is 76.6. The summed E-state index contributed by atoms with van der Waals surface area (Å²) in [4.78, 5) is 2.53. The fourth-order valence-electron chi connectivity index (χ4n) is 15.7. The Bertz CT molecular complexity index is 5110. The van der Waals surface area contributed by atoms with Crippen molar-refractivity contribution < 1.29 is 8.83 Å². The van der Waals surface area contributed by atoms with Crippen molar-refractivity contribution in [2.75, 3.05) is 4.90 Å². The number of fused-ring (bicyclic) bond motifs is 22. The van der Waals surface area contributed by atoms with Crippen LogP contribution in [0.1, 0.15) is 86.1 Å². The van der Waals surface area contributed by atoms with E-state index in [0.717, 1.165) is 56.0 Å². The average Bonchev–Trinajstić information content (AvgIpc) is 2.88. The lowest BCUT2D eigenvalue weighted by atomic mass is 9.72. The first-order valence-corrected chi connectivity index (χ1v) is 28.7. The van der Waals surface area contributed by atoms with E-state index >= 15 is 0 Å². The minimum Gasteiger partial charge on any atom is -0.455 e. The number of para-hydroxylation sites is 4. The highest BCUT2D eigenvalue weighted by molar-refractivity contribution is 6.24. The smallest absolute Gasteiger partial charge is 0.144 e. The van der Waals surface area contributed by atoms with E-state index in [1.54, 1.807) is 0 Å². The summed E-state index contributed by atoms with van der Waals surface area (Å²) in [5.41, 5.74) is 30.2. The molecule has 3 aromatic heterocycles. The Labute approximate surface area is 471 Å². The molecule has 0 atom stereocenters. The summed E-state index contributed by atoms with van der Waals surface area (Å²) in [5, 5.41) is 7.13. The lowest BCUT2D eigenvalue weighted by Gasteiger charge is -2.32. The Morgan fingerprint density at radius 1 is 0.370 bits per heavy atom. The van der Waals surface area contributed by atoms with Crippen LogP contribution in [0, 0.1) is 13.8 Å². The lowest BCUT2D eigenvalue weighted by molar-refractivity contribution is 0.600. The Balaban J connectivity index is 0.875. The molecule has 0 N–H and O–H groups in total. The van der Waals surface area contributed by atoms with Gasteiger partial charge in [-0.2, -0.15) is 0 Å². The predicted molar refractivity (Wildman–Crippen MR) is 338 cm³/mol. The van der Waals surface area contributed by atoms with Crippen molar-refractivity contribution in [1.82, 2.24) is 4.57 Å². The molecule has 14 aromatic rings. The van der Waals surface area contributed by atoms with Crippen molar-refractivity contribution in [3.63, 3.8) is 0 Å². The molecule has 388 valence electrons. The van der Waals surface area contributed by atoms with E-state index in [2.05, 4.69) is 271 Å². The third kappa shape index (κ3) is 5.99. The largest absolute Gasteiger partial charge is 0.455 e. The number of nitrogens with zero attached hydrogens (tertiary/aromatic N) is 2. The van der Waals surface area contributed by atoms with Crippen LogP contribution in [-0.4, -0.2) is 4.57 Å². The van der Waals surface area contributed by atoms with Crippen LogP contribution < -0.4 is 4.90 Å². The first-order chi connectivity index (χ1) is 39.3. The highest BCUT2D eigenvalue weighted by atomic mass is 16.3. The van der Waals surface area contributed by atoms with E-state index in [-0.39, 0.29) is 16.2 Å². The molecule has 4 heteroatoms. The summed E-state index contributed by atoms with van der Waals surface area (Å²) in [6.45, 7) is 19.1. The van der Waals surface area contributed by atoms with Gasteiger partial charge in [0.15, 0.2) is 0 Å². The van der Waals surface area contributed by atoms with Gasteiger partial charge in [0, 0.05) is 82.4 Å². The molecule has 17 rings (SSSR count). The van der Waals surface area contributed by atoms with Gasteiger partial charge >= 0.3 is 0 Å². The fourth-order valence-corrected chi connectivity index (χ4v) is 15.7. The van der Waals surface area contributed by atoms with E-state index in [0.29, 0.717) is 0 Å². The Kier molecular flexibility index (Phi) is 9.15. The van der Waals surface area contributed by atoms with Crippen LogP contribution in [0.25, 0.3) is 116 Å². The molecule has 0 bridgehead atoms. The molecule has 0 saturated carbocycles. The molecular formula is C77H58N2O2. The van der Waals surface area contributed by atoms with Crippen LogP contribution in [0.2, 0.25) is 0 Å². The van der Waals surface area contributed by atoms with Crippen molar-refractivity contribution >= 4 is 82.7 Å². The first-order valence-electron chi connectivity index (χ1n) is 28.7. The molecule has 81 heavy (non-hydrogen) atoms. The van der Waals surface area contributed by atoms with E-state index in [9.17, 15) is 0 Å². The molecule has 4 nitrogen and oxygen atoms in total. The number of hydrogen-bond acceptors (Lipinski definition) is 3. The van der Waals surface area contributed by atoms with E-state index in [1.165, 1.54) is 121 Å². The van der Waals surface area contributed by atoms with Crippen molar-refractivity contribution in [3.8, 4) is 50.2 Å². The summed E-state index contributed by atoms with van der Waals surface area (Å²) < 4.78 is 16.6. The lowest BCUT2D eigenvalue weighted by Crippen LogP contribution is -2.24. The molecule has 3 aliphatic carbocycles. The van der Waals surface area contributed by atoms with Crippen LogP contribution in [-0.2, 0) is 16.2 Å². The van der Waals surface area contributed by atoms with Gasteiger partial charge in [0.2, 0.25) is 0 Å². The molecule has 0 fully saturated rings. The molecular weight excluding hydrogens is 985 g/mol. The molecule has 11 aromatic carbocycles. The standard InChI is InChI=1S/C77H58N2O2/c1-43-33-38-60(44(2)39-43)78(47-35-37-51-58(41-47)77(7,8)71-67(51)69-54-26-15-19-32-64(54)81-74(69)70-49-23-12-16-28-56(49)76(5,6)72(70)71)46-34-36-50-57(40-46)75(3,4)59-42-55(73-68(66(50)59)53-25-14-18-31-63(53)80-73)48-27-20-30-62-65(48)52-24-13-17-29-61(52)79(62)45-21-10-9-11-22-45/h9-42H,1-8H3. The average molecular weight is 1040 g/mol. The quantitative estimate of drug-likeness (QED) is 0.172. The number of furan rings is 2. The normalized spacial score (nSPS) is 15.0. The second-order valence-corrected chi connectivity index (χ2v) is 24.8. The molecule has 0 radical (unpaired) electrons. The molecule has 0 saturated heterocycles. The summed E-state index contributed by atoms with van der Waals surface area (Å²) in [5.74, 6) is 0. The number of benzene rings is 11. The monoisotopic (exact) mass is 1040 g/mol. The number of hydrogen-bond donors (Lipinski definition) is 0. The Morgan fingerprint density at radius 3 is 1.65 bits per heavy atom. The second-order valence-electron chi connectivity index (χ2n) is 24.8. The summed E-state index contributed by atoms with van der Waals surface area (Å²) >= 11 is 0. The third-order valence-corrected chi connectivity index (χ3v) is 19.3. The maximum absolute atomic E-state index is 7.15. The highest BCUT2D eigenvalue weighted by Crippen LogP contribution is 2.64. The molecule has 0 unspecified atom stereocenters. The van der Waals surface area contributed by atoms with Crippen LogP contribution in [0.15, 0.2) is 215 Å². The van der Waals surface area contributed by atoms with Gasteiger partial charge in [-0.05, 0) is 159 Å². The van der Waals surface area contributed by atoms with Crippen LogP contribution in [0.5, 0.6) is 0 Å². The van der Waals surface area contributed by atoms with Crippen LogP contribution >= 0.6 is 0 Å². The van der Waals surface area contributed by atoms with Gasteiger partial charge in [0.1, 0.15) is 22.3 Å². The van der Waals surface area contributed by atoms with Gasteiger partial charge in [-0.25, -0.2) is 0 Å². The minimum absolute atomic E-state index is 0.240. The zero-order valence-corrected chi connectivity index (χ0v) is 46.8. The van der Waals surface area contributed by atoms with Gasteiger partial charge in [-0.1, -0.05) is 181 Å². The van der Waals surface area contributed by atoms with E-state index < -0.39 is 0 Å². The second kappa shape index (κ2) is 15.9. The third-order valence-electron chi connectivity index (χ3n) is 19.3. The first kappa shape index (κ1) is 46.5. The molecule has 0 aliphatic heterocycles. The number of aromatic nitrogens is 1. The molecule has 3 heterocycles. The van der Waals surface area contributed by atoms with Gasteiger partial charge in [0.25, 0.3) is 0 Å². The summed E-state index contributed by atoms with van der Waals surface area (Å²) in [7, 11) is 0. The van der Waals surface area contributed by atoms with E-state index in [1.807, 2.05) is 0 Å². The molecule has 3 aliphatic rings. The number of aryl methyl sites for hydroxylation is 2. The van der Waals surface area contributed by atoms with Crippen molar-refractivity contribution in [2.45, 2.75) is 71.6 Å². The van der Waals surface area contributed by atoms with Gasteiger partial charge < -0.3 is 18.3 Å². The zero-order chi connectivity index (χ0) is 54.6. The molecule has 0 amide bonds.